The Kier molecular flexibility index (Phi) is 5.41. The van der Waals surface area contributed by atoms with E-state index in [1.807, 2.05) is 31.7 Å². The molecule has 2 aromatic rings. The van der Waals surface area contributed by atoms with Gasteiger partial charge in [-0.05, 0) is 95.9 Å². The van der Waals surface area contributed by atoms with Gasteiger partial charge in [-0.2, -0.15) is 4.98 Å². The van der Waals surface area contributed by atoms with Crippen LogP contribution in [0.5, 0.6) is 0 Å². The van der Waals surface area contributed by atoms with E-state index in [-0.39, 0.29) is 23.5 Å². The molecule has 2 saturated heterocycles. The molecule has 1 aromatic heterocycles. The van der Waals surface area contributed by atoms with E-state index >= 15 is 0 Å². The van der Waals surface area contributed by atoms with Crippen LogP contribution in [-0.2, 0) is 4.74 Å². The predicted octanol–water partition coefficient (Wildman–Crippen LogP) is 5.24. The van der Waals surface area contributed by atoms with Gasteiger partial charge in [0.2, 0.25) is 5.28 Å². The second-order valence-corrected chi connectivity index (χ2v) is 10.6. The van der Waals surface area contributed by atoms with E-state index in [1.54, 1.807) is 0 Å². The van der Waals surface area contributed by atoms with Crippen LogP contribution in [0.25, 0.3) is 10.9 Å². The Morgan fingerprint density at radius 3 is 2.50 bits per heavy atom. The van der Waals surface area contributed by atoms with Crippen LogP contribution in [0.15, 0.2) is 16.6 Å². The fourth-order valence-corrected chi connectivity index (χ4v) is 4.98. The van der Waals surface area contributed by atoms with Crippen molar-refractivity contribution in [3.05, 3.63) is 25.5 Å². The Morgan fingerprint density at radius 1 is 1.25 bits per heavy atom. The van der Waals surface area contributed by atoms with Crippen molar-refractivity contribution < 1.29 is 9.53 Å². The quantitative estimate of drug-likeness (QED) is 0.342. The second kappa shape index (κ2) is 7.43. The highest BCUT2D eigenvalue weighted by molar-refractivity contribution is 14.1. The lowest BCUT2D eigenvalue weighted by Gasteiger charge is -2.42. The number of benzene rings is 1. The van der Waals surface area contributed by atoms with Gasteiger partial charge in [0.1, 0.15) is 11.4 Å². The van der Waals surface area contributed by atoms with Gasteiger partial charge in [-0.25, -0.2) is 9.78 Å². The summed E-state index contributed by atoms with van der Waals surface area (Å²) in [5.74, 6) is 0.834. The van der Waals surface area contributed by atoms with Crippen molar-refractivity contribution in [2.45, 2.75) is 51.3 Å². The highest BCUT2D eigenvalue weighted by Gasteiger charge is 2.44. The first kappa shape index (κ1) is 20.4. The summed E-state index contributed by atoms with van der Waals surface area (Å²) in [5, 5.41) is 1.21. The van der Waals surface area contributed by atoms with Crippen LogP contribution in [0.2, 0.25) is 5.28 Å². The van der Waals surface area contributed by atoms with Crippen molar-refractivity contribution in [3.8, 4) is 0 Å². The Balaban J connectivity index is 1.65. The van der Waals surface area contributed by atoms with Crippen molar-refractivity contribution in [2.24, 2.45) is 0 Å². The van der Waals surface area contributed by atoms with E-state index in [1.165, 1.54) is 0 Å². The molecule has 2 aliphatic rings. The lowest BCUT2D eigenvalue weighted by atomic mass is 10.1. The van der Waals surface area contributed by atoms with Gasteiger partial charge in [-0.1, -0.05) is 0 Å². The van der Waals surface area contributed by atoms with Crippen molar-refractivity contribution in [1.82, 2.24) is 14.9 Å². The summed E-state index contributed by atoms with van der Waals surface area (Å²) in [6, 6.07) is 4.28. The monoisotopic (exact) mass is 578 g/mol. The number of amides is 1. The maximum Gasteiger partial charge on any atom is 0.410 e. The molecule has 0 saturated carbocycles. The molecule has 1 aromatic carbocycles. The zero-order chi connectivity index (χ0) is 20.2. The number of fused-ring (bicyclic) bond motifs is 3. The lowest BCUT2D eigenvalue weighted by Crippen LogP contribution is -2.57. The third kappa shape index (κ3) is 3.92. The molecular formula is C19H21BrClIN4O2. The van der Waals surface area contributed by atoms with Gasteiger partial charge in [0.25, 0.3) is 0 Å². The van der Waals surface area contributed by atoms with Crippen molar-refractivity contribution in [3.63, 3.8) is 0 Å². The van der Waals surface area contributed by atoms with Crippen LogP contribution in [0, 0.1) is 3.57 Å². The first-order chi connectivity index (χ1) is 13.1. The highest BCUT2D eigenvalue weighted by Crippen LogP contribution is 2.37. The molecular weight excluding hydrogens is 558 g/mol. The molecule has 0 spiro atoms. The van der Waals surface area contributed by atoms with Gasteiger partial charge in [0.05, 0.1) is 17.6 Å². The minimum atomic E-state index is -0.492. The molecule has 0 N–H and O–H groups in total. The number of piperazine rings is 1. The van der Waals surface area contributed by atoms with Gasteiger partial charge in [-0.15, -0.1) is 0 Å². The molecule has 2 atom stereocenters. The molecule has 1 amide bonds. The molecule has 2 fully saturated rings. The third-order valence-electron chi connectivity index (χ3n) is 5.08. The number of aromatic nitrogens is 2. The fourth-order valence-electron chi connectivity index (χ4n) is 4.01. The van der Waals surface area contributed by atoms with Crippen molar-refractivity contribution >= 4 is 72.9 Å². The van der Waals surface area contributed by atoms with E-state index in [4.69, 9.17) is 16.3 Å². The molecule has 6 nitrogen and oxygen atoms in total. The molecule has 0 radical (unpaired) electrons. The molecule has 2 bridgehead atoms. The number of anilines is 1. The van der Waals surface area contributed by atoms with Gasteiger partial charge >= 0.3 is 6.09 Å². The number of carbonyl (C=O) groups is 1. The Labute approximate surface area is 191 Å². The Bertz CT molecular complexity index is 938. The summed E-state index contributed by atoms with van der Waals surface area (Å²) < 4.78 is 7.71. The average molecular weight is 580 g/mol. The number of carbonyl (C=O) groups excluding carboxylic acids is 1. The topological polar surface area (TPSA) is 58.6 Å². The summed E-state index contributed by atoms with van der Waals surface area (Å²) >= 11 is 12.1. The maximum absolute atomic E-state index is 12.7. The number of ether oxygens (including phenoxy) is 1. The molecule has 0 aliphatic carbocycles. The molecule has 3 heterocycles. The summed E-state index contributed by atoms with van der Waals surface area (Å²) in [6.07, 6.45) is 1.73. The number of halogens is 3. The molecule has 2 unspecified atom stereocenters. The molecule has 150 valence electrons. The molecule has 2 aliphatic heterocycles. The van der Waals surface area contributed by atoms with Gasteiger partial charge in [-0.3, -0.25) is 4.90 Å². The third-order valence-corrected chi connectivity index (χ3v) is 7.54. The minimum Gasteiger partial charge on any atom is -0.444 e. The number of rotatable bonds is 1. The van der Waals surface area contributed by atoms with E-state index in [9.17, 15) is 4.79 Å². The fraction of sp³-hybridized carbons (Fsp3) is 0.526. The Morgan fingerprint density at radius 2 is 1.89 bits per heavy atom. The normalized spacial score (nSPS) is 22.1. The first-order valence-electron chi connectivity index (χ1n) is 9.21. The minimum absolute atomic E-state index is 0.118. The van der Waals surface area contributed by atoms with Crippen LogP contribution >= 0.6 is 50.1 Å². The largest absolute Gasteiger partial charge is 0.444 e. The van der Waals surface area contributed by atoms with Crippen molar-refractivity contribution in [1.29, 1.82) is 0 Å². The number of hydrogen-bond donors (Lipinski definition) is 0. The van der Waals surface area contributed by atoms with E-state index < -0.39 is 5.60 Å². The highest BCUT2D eigenvalue weighted by atomic mass is 127. The summed E-state index contributed by atoms with van der Waals surface area (Å²) in [5.41, 5.74) is 0.318. The van der Waals surface area contributed by atoms with Gasteiger partial charge < -0.3 is 9.64 Å². The molecule has 28 heavy (non-hydrogen) atoms. The van der Waals surface area contributed by atoms with Crippen LogP contribution < -0.4 is 4.90 Å². The zero-order valence-electron chi connectivity index (χ0n) is 15.9. The summed E-state index contributed by atoms with van der Waals surface area (Å²) in [7, 11) is 0. The van der Waals surface area contributed by atoms with Crippen LogP contribution in [-0.4, -0.2) is 51.7 Å². The first-order valence-corrected chi connectivity index (χ1v) is 11.5. The van der Waals surface area contributed by atoms with E-state index in [0.717, 1.165) is 37.6 Å². The smallest absolute Gasteiger partial charge is 0.410 e. The van der Waals surface area contributed by atoms with Crippen molar-refractivity contribution in [2.75, 3.05) is 18.0 Å². The van der Waals surface area contributed by atoms with E-state index in [0.29, 0.717) is 13.1 Å². The van der Waals surface area contributed by atoms with Crippen LogP contribution in [0.1, 0.15) is 33.6 Å². The Hall–Kier alpha value is -0.870. The SMILES string of the molecule is CC(C)(C)OC(=O)N1C2CCC1CN(c1nc(Cl)nc3cc(Br)c(I)cc13)C2. The van der Waals surface area contributed by atoms with Crippen LogP contribution in [0.4, 0.5) is 10.6 Å². The lowest BCUT2D eigenvalue weighted by molar-refractivity contribution is 0.0123. The summed E-state index contributed by atoms with van der Waals surface area (Å²) in [6.45, 7) is 7.13. The zero-order valence-corrected chi connectivity index (χ0v) is 20.4. The van der Waals surface area contributed by atoms with Gasteiger partial charge in [0, 0.05) is 26.5 Å². The van der Waals surface area contributed by atoms with Crippen LogP contribution in [0.3, 0.4) is 0 Å². The second-order valence-electron chi connectivity index (χ2n) is 8.28. The average Bonchev–Trinajstić information content (AvgIpc) is 2.85. The van der Waals surface area contributed by atoms with Gasteiger partial charge in [0.15, 0.2) is 0 Å². The maximum atomic E-state index is 12.7. The number of hydrogen-bond acceptors (Lipinski definition) is 5. The summed E-state index contributed by atoms with van der Waals surface area (Å²) in [4.78, 5) is 25.8. The standard InChI is InChI=1S/C19H21BrClIN4O2/c1-19(2,3)28-18(27)26-10-4-5-11(26)9-25(8-10)16-12-6-14(22)13(20)7-15(12)23-17(21)24-16/h6-7,10-11H,4-5,8-9H2,1-3H3. The predicted molar refractivity (Wildman–Crippen MR) is 122 cm³/mol. The number of nitrogens with zero attached hydrogens (tertiary/aromatic N) is 4. The molecule has 4 rings (SSSR count). The van der Waals surface area contributed by atoms with E-state index in [2.05, 4.69) is 59.5 Å². The molecule has 9 heteroatoms.